The molecule has 0 spiro atoms. The zero-order valence-corrected chi connectivity index (χ0v) is 19.0. The number of rotatable bonds is 5. The SMILES string of the molecule is C=C(C#N)C(=O)N1CCCC(n2nc(-c3ccc(Oc4ccccc4)cc3)c3c(N)ncnc32)C1. The van der Waals surface area contributed by atoms with Crippen molar-refractivity contribution in [3.05, 3.63) is 73.1 Å². The van der Waals surface area contributed by atoms with Crippen LogP contribution in [0.2, 0.25) is 0 Å². The molecule has 1 aliphatic rings. The molecule has 174 valence electrons. The molecule has 1 saturated heterocycles. The van der Waals surface area contributed by atoms with Gasteiger partial charge in [-0.25, -0.2) is 14.6 Å². The van der Waals surface area contributed by atoms with E-state index in [2.05, 4.69) is 16.5 Å². The first-order valence-electron chi connectivity index (χ1n) is 11.3. The van der Waals surface area contributed by atoms with Crippen LogP contribution in [0, 0.1) is 11.3 Å². The Balaban J connectivity index is 1.48. The number of carbonyl (C=O) groups is 1. The van der Waals surface area contributed by atoms with Crippen LogP contribution in [0.4, 0.5) is 5.82 Å². The zero-order valence-electron chi connectivity index (χ0n) is 19.0. The molecule has 35 heavy (non-hydrogen) atoms. The lowest BCUT2D eigenvalue weighted by Crippen LogP contribution is -2.41. The molecule has 3 heterocycles. The van der Waals surface area contributed by atoms with Crippen molar-refractivity contribution in [2.75, 3.05) is 18.8 Å². The summed E-state index contributed by atoms with van der Waals surface area (Å²) in [6.45, 7) is 4.54. The van der Waals surface area contributed by atoms with Gasteiger partial charge in [0.25, 0.3) is 5.91 Å². The van der Waals surface area contributed by atoms with E-state index in [-0.39, 0.29) is 17.5 Å². The van der Waals surface area contributed by atoms with E-state index >= 15 is 0 Å². The number of aromatic nitrogens is 4. The van der Waals surface area contributed by atoms with E-state index < -0.39 is 0 Å². The van der Waals surface area contributed by atoms with Gasteiger partial charge in [0.05, 0.1) is 11.4 Å². The van der Waals surface area contributed by atoms with Crippen LogP contribution in [0.3, 0.4) is 0 Å². The van der Waals surface area contributed by atoms with Crippen LogP contribution in [-0.4, -0.2) is 43.6 Å². The molecule has 1 aliphatic heterocycles. The number of ether oxygens (including phenoxy) is 1. The molecular weight excluding hydrogens is 442 g/mol. The second kappa shape index (κ2) is 9.27. The van der Waals surface area contributed by atoms with Gasteiger partial charge in [-0.15, -0.1) is 0 Å². The highest BCUT2D eigenvalue weighted by molar-refractivity contribution is 5.98. The van der Waals surface area contributed by atoms with Gasteiger partial charge in [-0.05, 0) is 49.2 Å². The maximum absolute atomic E-state index is 12.5. The van der Waals surface area contributed by atoms with Crippen LogP contribution in [-0.2, 0) is 4.79 Å². The van der Waals surface area contributed by atoms with E-state index in [1.54, 1.807) is 4.90 Å². The zero-order chi connectivity index (χ0) is 24.4. The number of para-hydroxylation sites is 1. The number of fused-ring (bicyclic) bond motifs is 1. The average Bonchev–Trinajstić information content (AvgIpc) is 3.30. The normalized spacial score (nSPS) is 15.5. The summed E-state index contributed by atoms with van der Waals surface area (Å²) < 4.78 is 7.73. The van der Waals surface area contributed by atoms with Crippen LogP contribution in [0.15, 0.2) is 73.1 Å². The van der Waals surface area contributed by atoms with E-state index in [0.717, 1.165) is 24.2 Å². The lowest BCUT2D eigenvalue weighted by atomic mass is 10.0. The number of anilines is 1. The molecule has 5 rings (SSSR count). The van der Waals surface area contributed by atoms with Gasteiger partial charge in [-0.1, -0.05) is 24.8 Å². The topological polar surface area (TPSA) is 123 Å². The predicted octanol–water partition coefficient (Wildman–Crippen LogP) is 4.11. The van der Waals surface area contributed by atoms with E-state index in [0.29, 0.717) is 41.4 Å². The van der Waals surface area contributed by atoms with Crippen molar-refractivity contribution in [2.45, 2.75) is 18.9 Å². The third-order valence-electron chi connectivity index (χ3n) is 6.05. The van der Waals surface area contributed by atoms with E-state index in [1.165, 1.54) is 6.33 Å². The first-order chi connectivity index (χ1) is 17.0. The maximum atomic E-state index is 12.5. The molecule has 9 nitrogen and oxygen atoms in total. The smallest absolute Gasteiger partial charge is 0.263 e. The van der Waals surface area contributed by atoms with Gasteiger partial charge in [-0.2, -0.15) is 10.4 Å². The number of hydrogen-bond acceptors (Lipinski definition) is 7. The molecule has 2 aromatic heterocycles. The Morgan fingerprint density at radius 1 is 1.11 bits per heavy atom. The lowest BCUT2D eigenvalue weighted by Gasteiger charge is -2.32. The Hall–Kier alpha value is -4.71. The largest absolute Gasteiger partial charge is 0.457 e. The summed E-state index contributed by atoms with van der Waals surface area (Å²) in [4.78, 5) is 22.8. The highest BCUT2D eigenvalue weighted by Crippen LogP contribution is 2.35. The molecule has 4 aromatic rings. The number of hydrogen-bond donors (Lipinski definition) is 1. The molecule has 0 bridgehead atoms. The molecule has 0 radical (unpaired) electrons. The third kappa shape index (κ3) is 4.29. The number of amides is 1. The molecule has 2 N–H and O–H groups in total. The molecule has 0 aliphatic carbocycles. The predicted molar refractivity (Wildman–Crippen MR) is 131 cm³/mol. The number of nitrogens with zero attached hydrogens (tertiary/aromatic N) is 6. The number of nitrogen functional groups attached to an aromatic ring is 1. The fraction of sp³-hybridized carbons (Fsp3) is 0.192. The second-order valence-corrected chi connectivity index (χ2v) is 8.33. The number of carbonyl (C=O) groups excluding carboxylic acids is 1. The van der Waals surface area contributed by atoms with Crippen molar-refractivity contribution in [2.24, 2.45) is 0 Å². The van der Waals surface area contributed by atoms with Crippen molar-refractivity contribution in [1.29, 1.82) is 5.26 Å². The van der Waals surface area contributed by atoms with Crippen LogP contribution < -0.4 is 10.5 Å². The van der Waals surface area contributed by atoms with Gasteiger partial charge >= 0.3 is 0 Å². The van der Waals surface area contributed by atoms with Gasteiger partial charge < -0.3 is 15.4 Å². The number of benzene rings is 2. The van der Waals surface area contributed by atoms with Crippen LogP contribution >= 0.6 is 0 Å². The van der Waals surface area contributed by atoms with E-state index in [9.17, 15) is 4.79 Å². The first kappa shape index (κ1) is 22.1. The lowest BCUT2D eigenvalue weighted by molar-refractivity contribution is -0.128. The molecule has 1 unspecified atom stereocenters. The molecule has 1 atom stereocenters. The summed E-state index contributed by atoms with van der Waals surface area (Å²) in [6.07, 6.45) is 3.00. The molecule has 1 amide bonds. The molecule has 2 aromatic carbocycles. The van der Waals surface area contributed by atoms with Gasteiger partial charge in [0.2, 0.25) is 0 Å². The van der Waals surface area contributed by atoms with Crippen molar-refractivity contribution in [3.8, 4) is 28.8 Å². The van der Waals surface area contributed by atoms with Gasteiger partial charge in [0.15, 0.2) is 5.65 Å². The summed E-state index contributed by atoms with van der Waals surface area (Å²) in [5.41, 5.74) is 8.31. The Morgan fingerprint density at radius 2 is 1.86 bits per heavy atom. The number of nitriles is 1. The Labute approximate surface area is 202 Å². The standard InChI is InChI=1S/C26H23N7O2/c1-17(14-27)26(34)32-13-5-6-19(15-32)33-25-22(24(28)29-16-30-25)23(31-33)18-9-11-21(12-10-18)35-20-7-3-2-4-8-20/h2-4,7-12,16,19H,1,5-6,13,15H2,(H2,28,29,30). The Bertz CT molecular complexity index is 1440. The highest BCUT2D eigenvalue weighted by Gasteiger charge is 2.29. The molecule has 1 fully saturated rings. The Kier molecular flexibility index (Phi) is 5.85. The minimum atomic E-state index is -0.350. The summed E-state index contributed by atoms with van der Waals surface area (Å²) in [7, 11) is 0. The fourth-order valence-electron chi connectivity index (χ4n) is 4.34. The summed E-state index contributed by atoms with van der Waals surface area (Å²) in [6, 6.07) is 18.9. The number of piperidine rings is 1. The van der Waals surface area contributed by atoms with Crippen LogP contribution in [0.1, 0.15) is 18.9 Å². The fourth-order valence-corrected chi connectivity index (χ4v) is 4.34. The minimum absolute atomic E-state index is 0.0685. The molecule has 9 heteroatoms. The third-order valence-corrected chi connectivity index (χ3v) is 6.05. The van der Waals surface area contributed by atoms with Crippen molar-refractivity contribution in [3.63, 3.8) is 0 Å². The molecule has 0 saturated carbocycles. The number of likely N-dealkylation sites (tertiary alicyclic amines) is 1. The van der Waals surface area contributed by atoms with Crippen LogP contribution in [0.25, 0.3) is 22.3 Å². The maximum Gasteiger partial charge on any atom is 0.263 e. The van der Waals surface area contributed by atoms with Crippen LogP contribution in [0.5, 0.6) is 11.5 Å². The van der Waals surface area contributed by atoms with Crippen molar-refractivity contribution < 1.29 is 9.53 Å². The van der Waals surface area contributed by atoms with Gasteiger partial charge in [-0.3, -0.25) is 4.79 Å². The van der Waals surface area contributed by atoms with Crippen molar-refractivity contribution in [1.82, 2.24) is 24.6 Å². The summed E-state index contributed by atoms with van der Waals surface area (Å²) in [5, 5.41) is 14.6. The Morgan fingerprint density at radius 3 is 2.60 bits per heavy atom. The summed E-state index contributed by atoms with van der Waals surface area (Å²) >= 11 is 0. The quantitative estimate of drug-likeness (QED) is 0.347. The highest BCUT2D eigenvalue weighted by atomic mass is 16.5. The first-order valence-corrected chi connectivity index (χ1v) is 11.3. The van der Waals surface area contributed by atoms with E-state index in [1.807, 2.05) is 65.3 Å². The minimum Gasteiger partial charge on any atom is -0.457 e. The average molecular weight is 466 g/mol. The van der Waals surface area contributed by atoms with E-state index in [4.69, 9.17) is 20.8 Å². The van der Waals surface area contributed by atoms with Gasteiger partial charge in [0.1, 0.15) is 41.0 Å². The van der Waals surface area contributed by atoms with Crippen molar-refractivity contribution >= 4 is 22.8 Å². The monoisotopic (exact) mass is 465 g/mol. The van der Waals surface area contributed by atoms with Gasteiger partial charge in [0, 0.05) is 18.7 Å². The number of nitrogens with two attached hydrogens (primary N) is 1. The second-order valence-electron chi connectivity index (χ2n) is 8.33. The summed E-state index contributed by atoms with van der Waals surface area (Å²) in [5.74, 6) is 1.44. The molecular formula is C26H23N7O2.